The van der Waals surface area contributed by atoms with E-state index in [1.54, 1.807) is 0 Å². The second-order valence-corrected chi connectivity index (χ2v) is 3.98. The third kappa shape index (κ3) is 5.36. The Labute approximate surface area is 102 Å². The average molecular weight is 237 g/mol. The number of aryl methyl sites for hydroxylation is 2. The van der Waals surface area contributed by atoms with E-state index >= 15 is 0 Å². The van der Waals surface area contributed by atoms with Crippen LogP contribution in [0.3, 0.4) is 0 Å². The normalized spacial score (nSPS) is 10.1. The van der Waals surface area contributed by atoms with Crippen LogP contribution < -0.4 is 10.2 Å². The van der Waals surface area contributed by atoms with Crippen LogP contribution in [-0.2, 0) is 9.63 Å². The van der Waals surface area contributed by atoms with Gasteiger partial charge in [0, 0.05) is 13.3 Å². The highest BCUT2D eigenvalue weighted by molar-refractivity contribution is 5.71. The van der Waals surface area contributed by atoms with E-state index in [9.17, 15) is 4.79 Å². The summed E-state index contributed by atoms with van der Waals surface area (Å²) in [5, 5.41) is 0. The number of carbonyl (C=O) groups is 1. The zero-order valence-electron chi connectivity index (χ0n) is 10.6. The van der Waals surface area contributed by atoms with E-state index in [-0.39, 0.29) is 5.91 Å². The van der Waals surface area contributed by atoms with E-state index in [2.05, 4.69) is 18.5 Å². The summed E-state index contributed by atoms with van der Waals surface area (Å²) in [4.78, 5) is 15.4. The minimum Gasteiger partial charge on any atom is -0.493 e. The van der Waals surface area contributed by atoms with Crippen molar-refractivity contribution in [2.75, 3.05) is 13.2 Å². The predicted octanol–water partition coefficient (Wildman–Crippen LogP) is 2.14. The molecule has 0 unspecified atom stereocenters. The highest BCUT2D eigenvalue weighted by atomic mass is 16.6. The lowest BCUT2D eigenvalue weighted by Gasteiger charge is -2.09. The Balaban J connectivity index is 2.20. The van der Waals surface area contributed by atoms with Crippen molar-refractivity contribution in [3.63, 3.8) is 0 Å². The molecule has 0 radical (unpaired) electrons. The number of hydrogen-bond acceptors (Lipinski definition) is 3. The maximum Gasteiger partial charge on any atom is 0.240 e. The number of benzene rings is 1. The molecular formula is C13H19NO3. The number of carbonyl (C=O) groups excluding carboxylic acids is 1. The van der Waals surface area contributed by atoms with Crippen LogP contribution >= 0.6 is 0 Å². The van der Waals surface area contributed by atoms with Crippen molar-refractivity contribution in [2.24, 2.45) is 0 Å². The van der Waals surface area contributed by atoms with E-state index in [0.29, 0.717) is 13.2 Å². The number of amides is 1. The SMILES string of the molecule is CC(=O)NOCCCOc1ccc(C)cc1C. The summed E-state index contributed by atoms with van der Waals surface area (Å²) in [6, 6.07) is 6.08. The first-order valence-electron chi connectivity index (χ1n) is 5.68. The van der Waals surface area contributed by atoms with Crippen LogP contribution in [0.4, 0.5) is 0 Å². The van der Waals surface area contributed by atoms with Crippen molar-refractivity contribution in [1.29, 1.82) is 0 Å². The zero-order chi connectivity index (χ0) is 12.7. The van der Waals surface area contributed by atoms with Gasteiger partial charge in [0.1, 0.15) is 5.75 Å². The monoisotopic (exact) mass is 237 g/mol. The van der Waals surface area contributed by atoms with E-state index in [4.69, 9.17) is 9.57 Å². The molecule has 0 bridgehead atoms. The molecule has 0 heterocycles. The van der Waals surface area contributed by atoms with Gasteiger partial charge in [-0.15, -0.1) is 0 Å². The highest BCUT2D eigenvalue weighted by Crippen LogP contribution is 2.18. The van der Waals surface area contributed by atoms with Crippen LogP contribution in [0.1, 0.15) is 24.5 Å². The molecule has 4 heteroatoms. The molecule has 4 nitrogen and oxygen atoms in total. The van der Waals surface area contributed by atoms with Gasteiger partial charge in [-0.05, 0) is 25.5 Å². The number of rotatable bonds is 6. The first-order chi connectivity index (χ1) is 8.09. The van der Waals surface area contributed by atoms with Gasteiger partial charge >= 0.3 is 0 Å². The molecule has 0 saturated heterocycles. The fourth-order valence-corrected chi connectivity index (χ4v) is 1.43. The molecule has 0 fully saturated rings. The summed E-state index contributed by atoms with van der Waals surface area (Å²) < 4.78 is 5.61. The van der Waals surface area contributed by atoms with Gasteiger partial charge < -0.3 is 4.74 Å². The molecule has 1 aromatic rings. The largest absolute Gasteiger partial charge is 0.493 e. The molecule has 1 rings (SSSR count). The first kappa shape index (κ1) is 13.5. The molecular weight excluding hydrogens is 218 g/mol. The average Bonchev–Trinajstić information content (AvgIpc) is 2.25. The molecule has 17 heavy (non-hydrogen) atoms. The Morgan fingerprint density at radius 1 is 1.29 bits per heavy atom. The Bertz CT molecular complexity index is 377. The van der Waals surface area contributed by atoms with Gasteiger partial charge in [-0.2, -0.15) is 0 Å². The van der Waals surface area contributed by atoms with E-state index in [1.807, 2.05) is 19.1 Å². The van der Waals surface area contributed by atoms with Crippen LogP contribution in [-0.4, -0.2) is 19.1 Å². The van der Waals surface area contributed by atoms with Gasteiger partial charge in [0.15, 0.2) is 0 Å². The predicted molar refractivity (Wildman–Crippen MR) is 65.8 cm³/mol. The third-order valence-corrected chi connectivity index (χ3v) is 2.19. The summed E-state index contributed by atoms with van der Waals surface area (Å²) in [5.74, 6) is 0.704. The number of hydrogen-bond donors (Lipinski definition) is 1. The molecule has 0 saturated carbocycles. The highest BCUT2D eigenvalue weighted by Gasteiger charge is 1.99. The number of nitrogens with one attached hydrogen (secondary N) is 1. The first-order valence-corrected chi connectivity index (χ1v) is 5.68. The standard InChI is InChI=1S/C13H19NO3/c1-10-5-6-13(11(2)9-10)16-7-4-8-17-14-12(3)15/h5-6,9H,4,7-8H2,1-3H3,(H,14,15). The zero-order valence-corrected chi connectivity index (χ0v) is 10.6. The molecule has 1 amide bonds. The topological polar surface area (TPSA) is 47.6 Å². The Kier molecular flexibility index (Phi) is 5.49. The lowest BCUT2D eigenvalue weighted by molar-refractivity contribution is -0.131. The van der Waals surface area contributed by atoms with Crippen molar-refractivity contribution >= 4 is 5.91 Å². The second kappa shape index (κ2) is 6.91. The fraction of sp³-hybridized carbons (Fsp3) is 0.462. The fourth-order valence-electron chi connectivity index (χ4n) is 1.43. The van der Waals surface area contributed by atoms with Crippen molar-refractivity contribution in [3.8, 4) is 5.75 Å². The second-order valence-electron chi connectivity index (χ2n) is 3.98. The molecule has 0 aliphatic rings. The van der Waals surface area contributed by atoms with Crippen LogP contribution in [0.5, 0.6) is 5.75 Å². The molecule has 0 spiro atoms. The van der Waals surface area contributed by atoms with Gasteiger partial charge in [-0.1, -0.05) is 17.7 Å². The number of hydroxylamine groups is 1. The Morgan fingerprint density at radius 3 is 2.71 bits per heavy atom. The molecule has 0 aliphatic carbocycles. The molecule has 0 atom stereocenters. The van der Waals surface area contributed by atoms with Gasteiger partial charge in [-0.25, -0.2) is 5.48 Å². The summed E-state index contributed by atoms with van der Waals surface area (Å²) in [6.07, 6.45) is 0.730. The van der Waals surface area contributed by atoms with Crippen molar-refractivity contribution < 1.29 is 14.4 Å². The molecule has 1 aromatic carbocycles. The van der Waals surface area contributed by atoms with E-state index in [1.165, 1.54) is 12.5 Å². The lowest BCUT2D eigenvalue weighted by atomic mass is 10.1. The lowest BCUT2D eigenvalue weighted by Crippen LogP contribution is -2.21. The van der Waals surface area contributed by atoms with Crippen molar-refractivity contribution in [3.05, 3.63) is 29.3 Å². The maximum atomic E-state index is 10.5. The van der Waals surface area contributed by atoms with E-state index in [0.717, 1.165) is 17.7 Å². The van der Waals surface area contributed by atoms with Crippen molar-refractivity contribution in [2.45, 2.75) is 27.2 Å². The Hall–Kier alpha value is -1.55. The minimum atomic E-state index is -0.194. The minimum absolute atomic E-state index is 0.194. The smallest absolute Gasteiger partial charge is 0.240 e. The van der Waals surface area contributed by atoms with Gasteiger partial charge in [-0.3, -0.25) is 9.63 Å². The van der Waals surface area contributed by atoms with Gasteiger partial charge in [0.05, 0.1) is 13.2 Å². The summed E-state index contributed by atoms with van der Waals surface area (Å²) in [6.45, 7) is 6.51. The molecule has 94 valence electrons. The molecule has 1 N–H and O–H groups in total. The maximum absolute atomic E-state index is 10.5. The van der Waals surface area contributed by atoms with Crippen LogP contribution in [0.2, 0.25) is 0 Å². The van der Waals surface area contributed by atoms with E-state index < -0.39 is 0 Å². The third-order valence-electron chi connectivity index (χ3n) is 2.19. The van der Waals surface area contributed by atoms with Crippen molar-refractivity contribution in [1.82, 2.24) is 5.48 Å². The van der Waals surface area contributed by atoms with Crippen LogP contribution in [0.25, 0.3) is 0 Å². The number of ether oxygens (including phenoxy) is 1. The quantitative estimate of drug-likeness (QED) is 0.609. The van der Waals surface area contributed by atoms with Crippen LogP contribution in [0, 0.1) is 13.8 Å². The van der Waals surface area contributed by atoms with Crippen LogP contribution in [0.15, 0.2) is 18.2 Å². The van der Waals surface area contributed by atoms with Gasteiger partial charge in [0.2, 0.25) is 5.91 Å². The summed E-state index contributed by atoms with van der Waals surface area (Å²) in [7, 11) is 0. The Morgan fingerprint density at radius 2 is 2.06 bits per heavy atom. The molecule has 0 aromatic heterocycles. The summed E-state index contributed by atoms with van der Waals surface area (Å²) >= 11 is 0. The summed E-state index contributed by atoms with van der Waals surface area (Å²) in [5.41, 5.74) is 4.63. The molecule has 0 aliphatic heterocycles. The van der Waals surface area contributed by atoms with Gasteiger partial charge in [0.25, 0.3) is 0 Å².